The van der Waals surface area contributed by atoms with E-state index in [1.165, 1.54) is 31.4 Å². The molecule has 1 aliphatic rings. The van der Waals surface area contributed by atoms with E-state index in [-0.39, 0.29) is 16.3 Å². The van der Waals surface area contributed by atoms with E-state index >= 15 is 0 Å². The van der Waals surface area contributed by atoms with Crippen LogP contribution in [-0.2, 0) is 9.84 Å². The van der Waals surface area contributed by atoms with Gasteiger partial charge in [0.2, 0.25) is 0 Å². The fourth-order valence-electron chi connectivity index (χ4n) is 3.21. The van der Waals surface area contributed by atoms with E-state index in [1.807, 2.05) is 0 Å². The summed E-state index contributed by atoms with van der Waals surface area (Å²) in [5, 5.41) is 2.99. The van der Waals surface area contributed by atoms with E-state index in [2.05, 4.69) is 24.3 Å². The quantitative estimate of drug-likeness (QED) is 0.893. The van der Waals surface area contributed by atoms with Crippen molar-refractivity contribution in [2.45, 2.75) is 42.5 Å². The maximum absolute atomic E-state index is 12.4. The van der Waals surface area contributed by atoms with E-state index < -0.39 is 9.84 Å². The maximum atomic E-state index is 12.4. The Kier molecular flexibility index (Phi) is 5.47. The van der Waals surface area contributed by atoms with Crippen molar-refractivity contribution in [1.29, 1.82) is 0 Å². The zero-order chi connectivity index (χ0) is 17.1. The third-order valence-corrected chi connectivity index (χ3v) is 5.95. The van der Waals surface area contributed by atoms with Gasteiger partial charge in [0.1, 0.15) is 0 Å². The van der Waals surface area contributed by atoms with Gasteiger partial charge < -0.3 is 10.2 Å². The first-order chi connectivity index (χ1) is 10.7. The van der Waals surface area contributed by atoms with Gasteiger partial charge in [0.25, 0.3) is 5.91 Å². The van der Waals surface area contributed by atoms with E-state index in [1.54, 1.807) is 12.1 Å². The molecule has 1 aromatic rings. The lowest BCUT2D eigenvalue weighted by Crippen LogP contribution is -2.53. The molecule has 0 aliphatic heterocycles. The molecule has 1 fully saturated rings. The van der Waals surface area contributed by atoms with Crippen LogP contribution in [0.1, 0.15) is 42.5 Å². The van der Waals surface area contributed by atoms with Crippen LogP contribution in [-0.4, -0.2) is 51.7 Å². The largest absolute Gasteiger partial charge is 0.350 e. The summed E-state index contributed by atoms with van der Waals surface area (Å²) in [6.07, 6.45) is 6.90. The van der Waals surface area contributed by atoms with Crippen LogP contribution < -0.4 is 5.32 Å². The molecule has 0 radical (unpaired) electrons. The van der Waals surface area contributed by atoms with Gasteiger partial charge in [-0.1, -0.05) is 25.3 Å². The predicted molar refractivity (Wildman–Crippen MR) is 91.4 cm³/mol. The second kappa shape index (κ2) is 7.01. The minimum atomic E-state index is -3.31. The predicted octanol–water partition coefficient (Wildman–Crippen LogP) is 2.08. The molecule has 1 N–H and O–H groups in total. The summed E-state index contributed by atoms with van der Waals surface area (Å²) in [5.74, 6) is -0.220. The molecule has 6 heteroatoms. The first-order valence-electron chi connectivity index (χ1n) is 8.00. The first kappa shape index (κ1) is 17.9. The lowest BCUT2D eigenvalue weighted by atomic mass is 9.80. The first-order valence-corrected chi connectivity index (χ1v) is 9.89. The van der Waals surface area contributed by atoms with Crippen LogP contribution in [0.25, 0.3) is 0 Å². The Labute approximate surface area is 139 Å². The van der Waals surface area contributed by atoms with Gasteiger partial charge in [-0.15, -0.1) is 0 Å². The lowest BCUT2D eigenvalue weighted by molar-refractivity contribution is 0.0799. The van der Waals surface area contributed by atoms with Gasteiger partial charge in [-0.25, -0.2) is 8.42 Å². The standard InChI is InChI=1S/C17H26N2O3S/c1-19(2)17(10-5-4-6-11-17)13-18-16(20)14-8-7-9-15(12-14)23(3,21)22/h7-9,12H,4-6,10-11,13H2,1-3H3,(H,18,20). The third kappa shape index (κ3) is 4.32. The summed E-state index contributed by atoms with van der Waals surface area (Å²) in [6, 6.07) is 6.20. The molecular formula is C17H26N2O3S. The molecular weight excluding hydrogens is 312 g/mol. The van der Waals surface area contributed by atoms with Gasteiger partial charge in [0.15, 0.2) is 9.84 Å². The minimum Gasteiger partial charge on any atom is -0.350 e. The number of sulfone groups is 1. The number of hydrogen-bond acceptors (Lipinski definition) is 4. The van der Waals surface area contributed by atoms with E-state index in [9.17, 15) is 13.2 Å². The van der Waals surface area contributed by atoms with Crippen molar-refractivity contribution in [3.63, 3.8) is 0 Å². The Bertz CT molecular complexity index is 662. The van der Waals surface area contributed by atoms with Gasteiger partial charge in [-0.05, 0) is 45.1 Å². The summed E-state index contributed by atoms with van der Waals surface area (Å²) in [4.78, 5) is 14.8. The van der Waals surface area contributed by atoms with Crippen molar-refractivity contribution < 1.29 is 13.2 Å². The molecule has 1 aliphatic carbocycles. The van der Waals surface area contributed by atoms with Crippen molar-refractivity contribution in [3.8, 4) is 0 Å². The molecule has 0 bridgehead atoms. The Balaban J connectivity index is 2.10. The summed E-state index contributed by atoms with van der Waals surface area (Å²) in [6.45, 7) is 0.585. The van der Waals surface area contributed by atoms with Gasteiger partial charge in [0, 0.05) is 23.9 Å². The highest BCUT2D eigenvalue weighted by molar-refractivity contribution is 7.90. The Morgan fingerprint density at radius 2 is 1.87 bits per heavy atom. The topological polar surface area (TPSA) is 66.5 Å². The van der Waals surface area contributed by atoms with E-state index in [4.69, 9.17) is 0 Å². The van der Waals surface area contributed by atoms with Crippen molar-refractivity contribution in [2.75, 3.05) is 26.9 Å². The molecule has 5 nitrogen and oxygen atoms in total. The molecule has 0 unspecified atom stereocenters. The Morgan fingerprint density at radius 1 is 1.22 bits per heavy atom. The second-order valence-corrected chi connectivity index (χ2v) is 8.68. The number of amides is 1. The second-order valence-electron chi connectivity index (χ2n) is 6.66. The zero-order valence-electron chi connectivity index (χ0n) is 14.1. The van der Waals surface area contributed by atoms with Crippen molar-refractivity contribution in [1.82, 2.24) is 10.2 Å². The fourth-order valence-corrected chi connectivity index (χ4v) is 3.87. The SMILES string of the molecule is CN(C)C1(CNC(=O)c2cccc(S(C)(=O)=O)c2)CCCCC1. The summed E-state index contributed by atoms with van der Waals surface area (Å²) in [5.41, 5.74) is 0.389. The molecule has 2 rings (SSSR count). The van der Waals surface area contributed by atoms with Gasteiger partial charge in [-0.3, -0.25) is 4.79 Å². The van der Waals surface area contributed by atoms with Crippen LogP contribution in [0.4, 0.5) is 0 Å². The average molecular weight is 338 g/mol. The lowest BCUT2D eigenvalue weighted by Gasteiger charge is -2.43. The zero-order valence-corrected chi connectivity index (χ0v) is 14.9. The molecule has 23 heavy (non-hydrogen) atoms. The van der Waals surface area contributed by atoms with Crippen LogP contribution in [0.15, 0.2) is 29.2 Å². The highest BCUT2D eigenvalue weighted by Crippen LogP contribution is 2.31. The molecule has 0 aromatic heterocycles. The number of nitrogens with zero attached hydrogens (tertiary/aromatic N) is 1. The number of carbonyl (C=O) groups excluding carboxylic acids is 1. The van der Waals surface area contributed by atoms with Crippen LogP contribution in [0.3, 0.4) is 0 Å². The van der Waals surface area contributed by atoms with Crippen molar-refractivity contribution >= 4 is 15.7 Å². The van der Waals surface area contributed by atoms with Gasteiger partial charge in [0.05, 0.1) is 4.90 Å². The molecule has 0 saturated heterocycles. The number of hydrogen-bond donors (Lipinski definition) is 1. The van der Waals surface area contributed by atoms with Crippen LogP contribution >= 0.6 is 0 Å². The third-order valence-electron chi connectivity index (χ3n) is 4.84. The molecule has 1 amide bonds. The normalized spacial score (nSPS) is 17.9. The summed E-state index contributed by atoms with van der Waals surface area (Å²) in [7, 11) is 0.807. The number of benzene rings is 1. The number of nitrogens with one attached hydrogen (secondary N) is 1. The van der Waals surface area contributed by atoms with E-state index in [0.717, 1.165) is 19.1 Å². The van der Waals surface area contributed by atoms with Crippen molar-refractivity contribution in [3.05, 3.63) is 29.8 Å². The van der Waals surface area contributed by atoms with Crippen LogP contribution in [0.5, 0.6) is 0 Å². The fraction of sp³-hybridized carbons (Fsp3) is 0.588. The molecule has 1 aromatic carbocycles. The van der Waals surface area contributed by atoms with E-state index in [0.29, 0.717) is 12.1 Å². The number of likely N-dealkylation sites (N-methyl/N-ethyl adjacent to an activating group) is 1. The van der Waals surface area contributed by atoms with Crippen LogP contribution in [0, 0.1) is 0 Å². The molecule has 128 valence electrons. The smallest absolute Gasteiger partial charge is 0.251 e. The highest BCUT2D eigenvalue weighted by Gasteiger charge is 2.34. The van der Waals surface area contributed by atoms with Crippen LogP contribution in [0.2, 0.25) is 0 Å². The number of rotatable bonds is 5. The Hall–Kier alpha value is -1.40. The molecule has 0 heterocycles. The van der Waals surface area contributed by atoms with Gasteiger partial charge >= 0.3 is 0 Å². The Morgan fingerprint density at radius 3 is 2.43 bits per heavy atom. The highest BCUT2D eigenvalue weighted by atomic mass is 32.2. The number of carbonyl (C=O) groups is 1. The molecule has 1 saturated carbocycles. The average Bonchev–Trinajstić information content (AvgIpc) is 2.52. The molecule has 0 spiro atoms. The molecule has 0 atom stereocenters. The summed E-state index contributed by atoms with van der Waals surface area (Å²) < 4.78 is 23.2. The monoisotopic (exact) mass is 338 g/mol. The van der Waals surface area contributed by atoms with Gasteiger partial charge in [-0.2, -0.15) is 0 Å². The van der Waals surface area contributed by atoms with Crippen molar-refractivity contribution in [2.24, 2.45) is 0 Å². The minimum absolute atomic E-state index is 0.00233. The summed E-state index contributed by atoms with van der Waals surface area (Å²) >= 11 is 0. The maximum Gasteiger partial charge on any atom is 0.251 e.